The Balaban J connectivity index is 2.08. The summed E-state index contributed by atoms with van der Waals surface area (Å²) in [5.74, 6) is 0.466. The quantitative estimate of drug-likeness (QED) is 0.842. The van der Waals surface area contributed by atoms with Gasteiger partial charge in [-0.05, 0) is 38.4 Å². The zero-order chi connectivity index (χ0) is 11.4. The van der Waals surface area contributed by atoms with Crippen molar-refractivity contribution in [3.05, 3.63) is 24.2 Å². The normalized spacial score (nSPS) is 21.1. The molecule has 16 heavy (non-hydrogen) atoms. The largest absolute Gasteiger partial charge is 0.459 e. The number of carbonyl (C=O) groups excluding carboxylic acids is 1. The number of piperidine rings is 1. The second kappa shape index (κ2) is 5.16. The fourth-order valence-corrected chi connectivity index (χ4v) is 2.26. The van der Waals surface area contributed by atoms with Crippen molar-refractivity contribution >= 4 is 5.91 Å². The van der Waals surface area contributed by atoms with Crippen molar-refractivity contribution in [1.82, 2.24) is 10.2 Å². The number of hydrogen-bond donors (Lipinski definition) is 1. The third kappa shape index (κ3) is 2.27. The average molecular weight is 222 g/mol. The minimum atomic E-state index is 0.0185. The van der Waals surface area contributed by atoms with Crippen molar-refractivity contribution in [2.24, 2.45) is 0 Å². The van der Waals surface area contributed by atoms with E-state index in [2.05, 4.69) is 5.32 Å². The van der Waals surface area contributed by atoms with E-state index in [-0.39, 0.29) is 5.91 Å². The van der Waals surface area contributed by atoms with Gasteiger partial charge in [0, 0.05) is 19.1 Å². The Morgan fingerprint density at radius 1 is 1.62 bits per heavy atom. The van der Waals surface area contributed by atoms with Crippen LogP contribution < -0.4 is 5.32 Å². The van der Waals surface area contributed by atoms with Crippen LogP contribution in [0.4, 0.5) is 0 Å². The average Bonchev–Trinajstić information content (AvgIpc) is 2.83. The molecular formula is C12H18N2O2. The molecule has 0 bridgehead atoms. The van der Waals surface area contributed by atoms with E-state index >= 15 is 0 Å². The molecule has 0 aliphatic carbocycles. The number of amides is 1. The summed E-state index contributed by atoms with van der Waals surface area (Å²) < 4.78 is 5.16. The van der Waals surface area contributed by atoms with Crippen LogP contribution in [0.25, 0.3) is 0 Å². The minimum Gasteiger partial charge on any atom is -0.459 e. The molecule has 1 aliphatic rings. The molecule has 1 fully saturated rings. The zero-order valence-electron chi connectivity index (χ0n) is 9.61. The number of likely N-dealkylation sites (N-methyl/N-ethyl adjacent to an activating group) is 1. The molecule has 4 nitrogen and oxygen atoms in total. The molecular weight excluding hydrogens is 204 g/mol. The van der Waals surface area contributed by atoms with Crippen LogP contribution in [0.1, 0.15) is 29.8 Å². The Bertz CT molecular complexity index is 333. The Morgan fingerprint density at radius 3 is 3.19 bits per heavy atom. The number of carbonyl (C=O) groups is 1. The van der Waals surface area contributed by atoms with E-state index in [1.807, 2.05) is 11.9 Å². The molecule has 4 heteroatoms. The van der Waals surface area contributed by atoms with Gasteiger partial charge in [0.15, 0.2) is 5.76 Å². The molecule has 0 spiro atoms. The molecule has 0 radical (unpaired) electrons. The lowest BCUT2D eigenvalue weighted by Gasteiger charge is -2.35. The summed E-state index contributed by atoms with van der Waals surface area (Å²) in [5.41, 5.74) is 0. The summed E-state index contributed by atoms with van der Waals surface area (Å²) in [6.45, 7) is 1.69. The predicted molar refractivity (Wildman–Crippen MR) is 61.3 cm³/mol. The van der Waals surface area contributed by atoms with E-state index < -0.39 is 0 Å². The Labute approximate surface area is 95.6 Å². The van der Waals surface area contributed by atoms with Gasteiger partial charge in [0.2, 0.25) is 0 Å². The Morgan fingerprint density at radius 2 is 2.50 bits per heavy atom. The molecule has 2 rings (SSSR count). The van der Waals surface area contributed by atoms with Gasteiger partial charge in [0.25, 0.3) is 5.91 Å². The van der Waals surface area contributed by atoms with Crippen LogP contribution in [-0.2, 0) is 0 Å². The molecule has 0 saturated carbocycles. The monoisotopic (exact) mass is 222 g/mol. The third-order valence-corrected chi connectivity index (χ3v) is 3.06. The van der Waals surface area contributed by atoms with Crippen LogP contribution in [0.5, 0.6) is 0 Å². The fourth-order valence-electron chi connectivity index (χ4n) is 2.26. The zero-order valence-corrected chi connectivity index (χ0v) is 9.61. The summed E-state index contributed by atoms with van der Waals surface area (Å²) in [6, 6.07) is 3.79. The van der Waals surface area contributed by atoms with Gasteiger partial charge in [-0.25, -0.2) is 0 Å². The van der Waals surface area contributed by atoms with Gasteiger partial charge in [-0.1, -0.05) is 0 Å². The highest BCUT2D eigenvalue weighted by Gasteiger charge is 2.28. The van der Waals surface area contributed by atoms with Crippen molar-refractivity contribution in [1.29, 1.82) is 0 Å². The minimum absolute atomic E-state index is 0.0185. The van der Waals surface area contributed by atoms with Gasteiger partial charge in [-0.2, -0.15) is 0 Å². The molecule has 1 aromatic heterocycles. The van der Waals surface area contributed by atoms with Gasteiger partial charge in [-0.15, -0.1) is 0 Å². The lowest BCUT2D eigenvalue weighted by Crippen LogP contribution is -2.47. The van der Waals surface area contributed by atoms with E-state index in [0.29, 0.717) is 11.8 Å². The van der Waals surface area contributed by atoms with Crippen LogP contribution in [0.2, 0.25) is 0 Å². The summed E-state index contributed by atoms with van der Waals surface area (Å²) in [5, 5.41) is 3.14. The standard InChI is InChI=1S/C12H18N2O2/c1-13-9-10-5-2-3-7-14(10)12(15)11-6-4-8-16-11/h4,6,8,10,13H,2-3,5,7,9H2,1H3. The van der Waals surface area contributed by atoms with Gasteiger partial charge in [0.05, 0.1) is 6.26 Å². The lowest BCUT2D eigenvalue weighted by molar-refractivity contribution is 0.0582. The molecule has 1 aliphatic heterocycles. The van der Waals surface area contributed by atoms with Gasteiger partial charge in [-0.3, -0.25) is 4.79 Å². The van der Waals surface area contributed by atoms with Gasteiger partial charge >= 0.3 is 0 Å². The molecule has 1 unspecified atom stereocenters. The van der Waals surface area contributed by atoms with Crippen molar-refractivity contribution in [2.75, 3.05) is 20.1 Å². The summed E-state index contributed by atoms with van der Waals surface area (Å²) in [7, 11) is 1.92. The van der Waals surface area contributed by atoms with Crippen LogP contribution in [0.3, 0.4) is 0 Å². The highest BCUT2D eigenvalue weighted by Crippen LogP contribution is 2.19. The number of likely N-dealkylation sites (tertiary alicyclic amines) is 1. The van der Waals surface area contributed by atoms with E-state index in [9.17, 15) is 4.79 Å². The van der Waals surface area contributed by atoms with E-state index in [1.54, 1.807) is 18.4 Å². The molecule has 88 valence electrons. The summed E-state index contributed by atoms with van der Waals surface area (Å²) >= 11 is 0. The third-order valence-electron chi connectivity index (χ3n) is 3.06. The molecule has 2 heterocycles. The molecule has 1 aromatic rings. The van der Waals surface area contributed by atoms with Crippen molar-refractivity contribution in [2.45, 2.75) is 25.3 Å². The van der Waals surface area contributed by atoms with Crippen LogP contribution >= 0.6 is 0 Å². The molecule has 1 N–H and O–H groups in total. The predicted octanol–water partition coefficient (Wildman–Crippen LogP) is 1.49. The van der Waals surface area contributed by atoms with Crippen molar-refractivity contribution in [3.8, 4) is 0 Å². The van der Waals surface area contributed by atoms with Crippen LogP contribution in [0, 0.1) is 0 Å². The first-order valence-corrected chi connectivity index (χ1v) is 5.82. The van der Waals surface area contributed by atoms with Crippen LogP contribution in [-0.4, -0.2) is 37.0 Å². The highest BCUT2D eigenvalue weighted by molar-refractivity contribution is 5.91. The second-order valence-electron chi connectivity index (χ2n) is 4.18. The van der Waals surface area contributed by atoms with Crippen molar-refractivity contribution < 1.29 is 9.21 Å². The number of furan rings is 1. The smallest absolute Gasteiger partial charge is 0.289 e. The number of hydrogen-bond acceptors (Lipinski definition) is 3. The summed E-state index contributed by atoms with van der Waals surface area (Å²) in [4.78, 5) is 14.1. The number of rotatable bonds is 3. The molecule has 1 atom stereocenters. The molecule has 1 saturated heterocycles. The number of nitrogens with one attached hydrogen (secondary N) is 1. The SMILES string of the molecule is CNCC1CCCCN1C(=O)c1ccco1. The van der Waals surface area contributed by atoms with E-state index in [1.165, 1.54) is 6.42 Å². The summed E-state index contributed by atoms with van der Waals surface area (Å²) in [6.07, 6.45) is 4.92. The van der Waals surface area contributed by atoms with Crippen LogP contribution in [0.15, 0.2) is 22.8 Å². The highest BCUT2D eigenvalue weighted by atomic mass is 16.3. The van der Waals surface area contributed by atoms with E-state index in [0.717, 1.165) is 25.9 Å². The maximum atomic E-state index is 12.2. The van der Waals surface area contributed by atoms with Gasteiger partial charge < -0.3 is 14.6 Å². The Kier molecular flexibility index (Phi) is 3.62. The molecule has 0 aromatic carbocycles. The Hall–Kier alpha value is -1.29. The maximum Gasteiger partial charge on any atom is 0.289 e. The maximum absolute atomic E-state index is 12.2. The van der Waals surface area contributed by atoms with Crippen molar-refractivity contribution in [3.63, 3.8) is 0 Å². The van der Waals surface area contributed by atoms with Gasteiger partial charge in [0.1, 0.15) is 0 Å². The first-order valence-electron chi connectivity index (χ1n) is 5.82. The topological polar surface area (TPSA) is 45.5 Å². The molecule has 1 amide bonds. The van der Waals surface area contributed by atoms with E-state index in [4.69, 9.17) is 4.42 Å². The fraction of sp³-hybridized carbons (Fsp3) is 0.583. The first-order chi connectivity index (χ1) is 7.83. The lowest BCUT2D eigenvalue weighted by atomic mass is 10.0. The first kappa shape index (κ1) is 11.2. The number of nitrogens with zero attached hydrogens (tertiary/aromatic N) is 1. The second-order valence-corrected chi connectivity index (χ2v) is 4.18.